The van der Waals surface area contributed by atoms with E-state index in [2.05, 4.69) is 10.4 Å². The van der Waals surface area contributed by atoms with Crippen LogP contribution in [-0.2, 0) is 16.1 Å². The predicted molar refractivity (Wildman–Crippen MR) is 108 cm³/mol. The summed E-state index contributed by atoms with van der Waals surface area (Å²) in [6.45, 7) is 3.53. The van der Waals surface area contributed by atoms with E-state index < -0.39 is 0 Å². The Bertz CT molecular complexity index is 833. The average molecular weight is 397 g/mol. The maximum atomic E-state index is 12.6. The van der Waals surface area contributed by atoms with E-state index in [4.69, 9.17) is 4.74 Å². The Morgan fingerprint density at radius 1 is 1.10 bits per heavy atom. The van der Waals surface area contributed by atoms with Crippen LogP contribution in [0.2, 0.25) is 0 Å². The van der Waals surface area contributed by atoms with E-state index in [1.54, 1.807) is 15.8 Å². The molecule has 1 N–H and O–H groups in total. The highest BCUT2D eigenvalue weighted by atomic mass is 16.5. The van der Waals surface area contributed by atoms with Crippen molar-refractivity contribution >= 4 is 11.9 Å². The van der Waals surface area contributed by atoms with Gasteiger partial charge in [-0.05, 0) is 43.0 Å². The fourth-order valence-electron chi connectivity index (χ4n) is 3.84. The summed E-state index contributed by atoms with van der Waals surface area (Å²) >= 11 is 0. The quantitative estimate of drug-likeness (QED) is 0.853. The van der Waals surface area contributed by atoms with Crippen LogP contribution in [0.15, 0.2) is 42.7 Å². The largest absolute Gasteiger partial charge is 0.368 e. The summed E-state index contributed by atoms with van der Waals surface area (Å²) in [5, 5.41) is 7.23. The Morgan fingerprint density at radius 2 is 1.97 bits per heavy atom. The Hall–Kier alpha value is -2.87. The molecule has 1 unspecified atom stereocenters. The first-order valence-corrected chi connectivity index (χ1v) is 10.2. The molecule has 2 aromatic rings. The molecule has 29 heavy (non-hydrogen) atoms. The van der Waals surface area contributed by atoms with Gasteiger partial charge in [0, 0.05) is 51.7 Å². The number of aromatic nitrogens is 2. The molecule has 1 aromatic heterocycles. The van der Waals surface area contributed by atoms with Gasteiger partial charge in [0.1, 0.15) is 6.10 Å². The minimum absolute atomic E-state index is 0.0696. The van der Waals surface area contributed by atoms with E-state index in [0.29, 0.717) is 39.3 Å². The van der Waals surface area contributed by atoms with E-state index in [-0.39, 0.29) is 18.0 Å². The molecule has 154 valence electrons. The van der Waals surface area contributed by atoms with Crippen LogP contribution in [0.3, 0.4) is 0 Å². The van der Waals surface area contributed by atoms with E-state index in [0.717, 1.165) is 30.5 Å². The fraction of sp³-hybridized carbons (Fsp3) is 0.476. The van der Waals surface area contributed by atoms with Crippen molar-refractivity contribution in [2.24, 2.45) is 0 Å². The zero-order valence-electron chi connectivity index (χ0n) is 16.5. The third-order valence-corrected chi connectivity index (χ3v) is 5.42. The van der Waals surface area contributed by atoms with Crippen LogP contribution in [0.4, 0.5) is 4.79 Å². The molecule has 3 heterocycles. The van der Waals surface area contributed by atoms with Gasteiger partial charge in [0.15, 0.2) is 0 Å². The molecule has 0 bridgehead atoms. The van der Waals surface area contributed by atoms with E-state index in [1.807, 2.05) is 41.4 Å². The number of hydrogen-bond donors (Lipinski definition) is 1. The molecule has 2 aliphatic rings. The van der Waals surface area contributed by atoms with Gasteiger partial charge >= 0.3 is 6.03 Å². The van der Waals surface area contributed by atoms with Gasteiger partial charge in [-0.15, -0.1) is 0 Å². The molecule has 8 nitrogen and oxygen atoms in total. The zero-order valence-corrected chi connectivity index (χ0v) is 16.5. The van der Waals surface area contributed by atoms with Crippen molar-refractivity contribution in [3.05, 3.63) is 48.3 Å². The normalized spacial score (nSPS) is 19.8. The molecule has 0 radical (unpaired) electrons. The van der Waals surface area contributed by atoms with Gasteiger partial charge in [-0.1, -0.05) is 12.1 Å². The number of benzene rings is 1. The van der Waals surface area contributed by atoms with Gasteiger partial charge in [-0.3, -0.25) is 4.79 Å². The number of nitrogens with zero attached hydrogens (tertiary/aromatic N) is 4. The number of amides is 3. The Kier molecular flexibility index (Phi) is 6.09. The van der Waals surface area contributed by atoms with E-state index >= 15 is 0 Å². The van der Waals surface area contributed by atoms with Crippen LogP contribution in [0, 0.1) is 0 Å². The number of urea groups is 1. The first kappa shape index (κ1) is 19.4. The highest BCUT2D eigenvalue weighted by Crippen LogP contribution is 2.16. The topological polar surface area (TPSA) is 79.7 Å². The zero-order chi connectivity index (χ0) is 20.1. The monoisotopic (exact) mass is 397 g/mol. The molecular formula is C21H27N5O3. The van der Waals surface area contributed by atoms with Crippen molar-refractivity contribution in [3.63, 3.8) is 0 Å². The molecule has 0 saturated carbocycles. The van der Waals surface area contributed by atoms with Gasteiger partial charge in [0.2, 0.25) is 0 Å². The second-order valence-electron chi connectivity index (χ2n) is 7.45. The van der Waals surface area contributed by atoms with Gasteiger partial charge in [0.05, 0.1) is 5.69 Å². The van der Waals surface area contributed by atoms with Crippen molar-refractivity contribution in [1.82, 2.24) is 24.9 Å². The number of hydrogen-bond acceptors (Lipinski definition) is 4. The smallest absolute Gasteiger partial charge is 0.317 e. The second-order valence-corrected chi connectivity index (χ2v) is 7.45. The molecule has 0 spiro atoms. The van der Waals surface area contributed by atoms with Crippen LogP contribution in [0.1, 0.15) is 24.8 Å². The van der Waals surface area contributed by atoms with E-state index in [1.165, 1.54) is 0 Å². The maximum absolute atomic E-state index is 12.6. The van der Waals surface area contributed by atoms with Gasteiger partial charge < -0.3 is 19.9 Å². The van der Waals surface area contributed by atoms with Crippen molar-refractivity contribution < 1.29 is 14.3 Å². The number of rotatable bonds is 4. The number of ether oxygens (including phenoxy) is 1. The lowest BCUT2D eigenvalue weighted by Crippen LogP contribution is -2.44. The lowest BCUT2D eigenvalue weighted by atomic mass is 10.2. The Morgan fingerprint density at radius 3 is 2.76 bits per heavy atom. The average Bonchev–Trinajstić information content (AvgIpc) is 3.42. The van der Waals surface area contributed by atoms with Crippen molar-refractivity contribution in [2.75, 3.05) is 32.8 Å². The van der Waals surface area contributed by atoms with Crippen LogP contribution in [0.5, 0.6) is 0 Å². The molecular weight excluding hydrogens is 370 g/mol. The summed E-state index contributed by atoms with van der Waals surface area (Å²) in [4.78, 5) is 28.8. The Labute approximate surface area is 170 Å². The highest BCUT2D eigenvalue weighted by molar-refractivity contribution is 5.81. The summed E-state index contributed by atoms with van der Waals surface area (Å²) in [6, 6.07) is 9.71. The molecule has 2 saturated heterocycles. The number of carbonyl (C=O) groups excluding carboxylic acids is 2. The van der Waals surface area contributed by atoms with Crippen LogP contribution in [0.25, 0.3) is 5.69 Å². The predicted octanol–water partition coefficient (Wildman–Crippen LogP) is 1.80. The summed E-state index contributed by atoms with van der Waals surface area (Å²) in [7, 11) is 0. The second kappa shape index (κ2) is 9.09. The molecule has 0 aliphatic carbocycles. The molecule has 2 aliphatic heterocycles. The van der Waals surface area contributed by atoms with E-state index in [9.17, 15) is 9.59 Å². The lowest BCUT2D eigenvalue weighted by molar-refractivity contribution is -0.140. The lowest BCUT2D eigenvalue weighted by Gasteiger charge is -2.24. The van der Waals surface area contributed by atoms with Crippen LogP contribution in [-0.4, -0.2) is 70.4 Å². The molecule has 8 heteroatoms. The number of carbonyl (C=O) groups is 2. The molecule has 3 amide bonds. The summed E-state index contributed by atoms with van der Waals surface area (Å²) in [5.41, 5.74) is 1.97. The van der Waals surface area contributed by atoms with Gasteiger partial charge in [-0.25, -0.2) is 9.48 Å². The molecule has 1 aromatic carbocycles. The third-order valence-electron chi connectivity index (χ3n) is 5.42. The Balaban J connectivity index is 1.29. The van der Waals surface area contributed by atoms with Gasteiger partial charge in [0.25, 0.3) is 5.91 Å². The summed E-state index contributed by atoms with van der Waals surface area (Å²) in [6.07, 6.45) is 5.86. The minimum Gasteiger partial charge on any atom is -0.368 e. The minimum atomic E-state index is -0.294. The highest BCUT2D eigenvalue weighted by Gasteiger charge is 2.30. The first-order valence-electron chi connectivity index (χ1n) is 10.2. The SMILES string of the molecule is O=C(NCc1cccc(-n2cccn2)c1)N1CCCN(C(=O)C2CCCO2)CC1. The first-order chi connectivity index (χ1) is 14.2. The molecule has 2 fully saturated rings. The van der Waals surface area contributed by atoms with Crippen LogP contribution >= 0.6 is 0 Å². The third kappa shape index (κ3) is 4.76. The maximum Gasteiger partial charge on any atom is 0.317 e. The van der Waals surface area contributed by atoms with Crippen molar-refractivity contribution in [2.45, 2.75) is 31.9 Å². The van der Waals surface area contributed by atoms with Gasteiger partial charge in [-0.2, -0.15) is 5.10 Å². The van der Waals surface area contributed by atoms with Crippen LogP contribution < -0.4 is 5.32 Å². The number of nitrogens with one attached hydrogen (secondary N) is 1. The standard InChI is InChI=1S/C21H27N5O3/c27-20(19-7-2-14-29-19)24-9-4-10-25(13-12-24)21(28)22-16-17-5-1-6-18(15-17)26-11-3-8-23-26/h1,3,5-6,8,11,15,19H,2,4,7,9-10,12-14,16H2,(H,22,28). The molecule has 1 atom stereocenters. The summed E-state index contributed by atoms with van der Waals surface area (Å²) < 4.78 is 7.31. The fourth-order valence-corrected chi connectivity index (χ4v) is 3.84. The van der Waals surface area contributed by atoms with Crippen molar-refractivity contribution in [1.29, 1.82) is 0 Å². The summed E-state index contributed by atoms with van der Waals surface area (Å²) in [5.74, 6) is 0.0696. The van der Waals surface area contributed by atoms with Crippen molar-refractivity contribution in [3.8, 4) is 5.69 Å². The molecule has 4 rings (SSSR count).